The zero-order valence-corrected chi connectivity index (χ0v) is 12.2. The molecule has 1 aliphatic rings. The maximum Gasteiger partial charge on any atom is 0.163 e. The number of anilines is 2. The molecule has 0 radical (unpaired) electrons. The number of benzene rings is 1. The lowest BCUT2D eigenvalue weighted by atomic mass is 10.2. The summed E-state index contributed by atoms with van der Waals surface area (Å²) < 4.78 is 0. The highest BCUT2D eigenvalue weighted by molar-refractivity contribution is 5.62. The van der Waals surface area contributed by atoms with E-state index in [0.717, 1.165) is 17.2 Å². The van der Waals surface area contributed by atoms with Crippen LogP contribution in [0.3, 0.4) is 0 Å². The first-order chi connectivity index (χ1) is 10.3. The Labute approximate surface area is 124 Å². The summed E-state index contributed by atoms with van der Waals surface area (Å²) >= 11 is 0. The van der Waals surface area contributed by atoms with Crippen molar-refractivity contribution in [2.75, 3.05) is 30.4 Å². The van der Waals surface area contributed by atoms with Crippen LogP contribution in [-0.4, -0.2) is 41.3 Å². The summed E-state index contributed by atoms with van der Waals surface area (Å²) in [6.07, 6.45) is 2.33. The van der Waals surface area contributed by atoms with Gasteiger partial charge >= 0.3 is 0 Å². The van der Waals surface area contributed by atoms with Crippen LogP contribution in [0.5, 0.6) is 0 Å². The van der Waals surface area contributed by atoms with E-state index in [1.54, 1.807) is 0 Å². The number of rotatable bonds is 6. The third-order valence-corrected chi connectivity index (χ3v) is 3.62. The second-order valence-corrected chi connectivity index (χ2v) is 5.20. The van der Waals surface area contributed by atoms with Crippen molar-refractivity contribution >= 4 is 11.6 Å². The maximum atomic E-state index is 9.29. The minimum Gasteiger partial charge on any atom is -0.395 e. The molecule has 0 amide bonds. The summed E-state index contributed by atoms with van der Waals surface area (Å²) in [5.74, 6) is 2.38. The minimum absolute atomic E-state index is 0.135. The Morgan fingerprint density at radius 3 is 2.62 bits per heavy atom. The van der Waals surface area contributed by atoms with Crippen LogP contribution in [0, 0.1) is 0 Å². The van der Waals surface area contributed by atoms with Crippen molar-refractivity contribution in [3.8, 4) is 11.4 Å². The topological polar surface area (TPSA) is 61.3 Å². The van der Waals surface area contributed by atoms with Crippen LogP contribution >= 0.6 is 0 Å². The third-order valence-electron chi connectivity index (χ3n) is 3.62. The van der Waals surface area contributed by atoms with Crippen LogP contribution in [0.4, 0.5) is 11.6 Å². The Morgan fingerprint density at radius 2 is 2.00 bits per heavy atom. The van der Waals surface area contributed by atoms with Crippen molar-refractivity contribution < 1.29 is 5.11 Å². The summed E-state index contributed by atoms with van der Waals surface area (Å²) in [4.78, 5) is 11.4. The Morgan fingerprint density at radius 1 is 1.24 bits per heavy atom. The maximum absolute atomic E-state index is 9.29. The van der Waals surface area contributed by atoms with E-state index < -0.39 is 0 Å². The van der Waals surface area contributed by atoms with Crippen LogP contribution < -0.4 is 10.2 Å². The molecule has 1 aromatic carbocycles. The molecule has 21 heavy (non-hydrogen) atoms. The zero-order valence-electron chi connectivity index (χ0n) is 12.2. The summed E-state index contributed by atoms with van der Waals surface area (Å²) in [5, 5.41) is 12.4. The second kappa shape index (κ2) is 6.10. The molecule has 1 fully saturated rings. The standard InChI is InChI=1S/C16H20N4O/c1-17-14-11-15(20(9-10-21)13-7-8-13)19-16(18-14)12-5-3-2-4-6-12/h2-6,11,13,21H,7-10H2,1H3,(H,17,18,19). The number of hydrogen-bond donors (Lipinski definition) is 2. The highest BCUT2D eigenvalue weighted by Gasteiger charge is 2.30. The molecule has 0 aliphatic heterocycles. The Hall–Kier alpha value is -2.14. The molecule has 1 saturated carbocycles. The van der Waals surface area contributed by atoms with Crippen LogP contribution in [-0.2, 0) is 0 Å². The third kappa shape index (κ3) is 3.13. The molecule has 110 valence electrons. The lowest BCUT2D eigenvalue weighted by Gasteiger charge is -2.23. The Bertz CT molecular complexity index is 598. The fraction of sp³-hybridized carbons (Fsp3) is 0.375. The minimum atomic E-state index is 0.135. The van der Waals surface area contributed by atoms with Gasteiger partial charge in [-0.15, -0.1) is 0 Å². The fourth-order valence-electron chi connectivity index (χ4n) is 2.40. The first kappa shape index (κ1) is 13.8. The number of nitrogens with zero attached hydrogens (tertiary/aromatic N) is 3. The molecular weight excluding hydrogens is 264 g/mol. The molecule has 2 N–H and O–H groups in total. The molecule has 5 nitrogen and oxygen atoms in total. The summed E-state index contributed by atoms with van der Waals surface area (Å²) in [5.41, 5.74) is 0.996. The van der Waals surface area contributed by atoms with Gasteiger partial charge in [-0.3, -0.25) is 0 Å². The van der Waals surface area contributed by atoms with Crippen LogP contribution in [0.15, 0.2) is 36.4 Å². The quantitative estimate of drug-likeness (QED) is 0.851. The van der Waals surface area contributed by atoms with Gasteiger partial charge in [0.2, 0.25) is 0 Å². The SMILES string of the molecule is CNc1cc(N(CCO)C2CC2)nc(-c2ccccc2)n1. The van der Waals surface area contributed by atoms with Gasteiger partial charge in [0.25, 0.3) is 0 Å². The van der Waals surface area contributed by atoms with Crippen LogP contribution in [0.1, 0.15) is 12.8 Å². The molecule has 1 heterocycles. The second-order valence-electron chi connectivity index (χ2n) is 5.20. The van der Waals surface area contributed by atoms with Crippen molar-refractivity contribution in [2.45, 2.75) is 18.9 Å². The lowest BCUT2D eigenvalue weighted by Crippen LogP contribution is -2.30. The smallest absolute Gasteiger partial charge is 0.163 e. The van der Waals surface area contributed by atoms with Crippen molar-refractivity contribution in [1.82, 2.24) is 9.97 Å². The number of hydrogen-bond acceptors (Lipinski definition) is 5. The van der Waals surface area contributed by atoms with E-state index in [0.29, 0.717) is 18.4 Å². The number of nitrogens with one attached hydrogen (secondary N) is 1. The van der Waals surface area contributed by atoms with Crippen molar-refractivity contribution in [3.63, 3.8) is 0 Å². The van der Waals surface area contributed by atoms with Gasteiger partial charge in [0.05, 0.1) is 6.61 Å². The number of aliphatic hydroxyl groups is 1. The largest absolute Gasteiger partial charge is 0.395 e. The molecule has 0 spiro atoms. The summed E-state index contributed by atoms with van der Waals surface area (Å²) in [7, 11) is 1.86. The van der Waals surface area contributed by atoms with Gasteiger partial charge in [-0.2, -0.15) is 0 Å². The Kier molecular flexibility index (Phi) is 4.01. The predicted molar refractivity (Wildman–Crippen MR) is 84.5 cm³/mol. The van der Waals surface area contributed by atoms with E-state index in [9.17, 15) is 5.11 Å². The van der Waals surface area contributed by atoms with Crippen LogP contribution in [0.25, 0.3) is 11.4 Å². The number of aliphatic hydroxyl groups excluding tert-OH is 1. The monoisotopic (exact) mass is 284 g/mol. The molecule has 2 aromatic rings. The Balaban J connectivity index is 2.00. The van der Waals surface area contributed by atoms with Gasteiger partial charge in [-0.1, -0.05) is 30.3 Å². The van der Waals surface area contributed by atoms with Crippen LogP contribution in [0.2, 0.25) is 0 Å². The summed E-state index contributed by atoms with van der Waals surface area (Å²) in [6, 6.07) is 12.4. The molecule has 1 aromatic heterocycles. The van der Waals surface area contributed by atoms with E-state index in [-0.39, 0.29) is 6.61 Å². The van der Waals surface area contributed by atoms with E-state index in [2.05, 4.69) is 15.2 Å². The zero-order chi connectivity index (χ0) is 14.7. The first-order valence-electron chi connectivity index (χ1n) is 7.31. The highest BCUT2D eigenvalue weighted by atomic mass is 16.3. The molecule has 0 atom stereocenters. The summed E-state index contributed by atoms with van der Waals surface area (Å²) in [6.45, 7) is 0.745. The van der Waals surface area contributed by atoms with Gasteiger partial charge in [0.1, 0.15) is 11.6 Å². The van der Waals surface area contributed by atoms with E-state index in [4.69, 9.17) is 4.98 Å². The molecule has 1 aliphatic carbocycles. The van der Waals surface area contributed by atoms with E-state index in [1.165, 1.54) is 12.8 Å². The molecule has 0 saturated heterocycles. The van der Waals surface area contributed by atoms with Gasteiger partial charge in [0, 0.05) is 31.3 Å². The molecule has 5 heteroatoms. The molecule has 3 rings (SSSR count). The van der Waals surface area contributed by atoms with Crippen molar-refractivity contribution in [2.24, 2.45) is 0 Å². The molecule has 0 unspecified atom stereocenters. The molecular formula is C16H20N4O. The van der Waals surface area contributed by atoms with Gasteiger partial charge in [-0.05, 0) is 12.8 Å². The first-order valence-corrected chi connectivity index (χ1v) is 7.31. The average molecular weight is 284 g/mol. The van der Waals surface area contributed by atoms with E-state index in [1.807, 2.05) is 43.4 Å². The fourth-order valence-corrected chi connectivity index (χ4v) is 2.40. The van der Waals surface area contributed by atoms with E-state index >= 15 is 0 Å². The molecule has 0 bridgehead atoms. The van der Waals surface area contributed by atoms with Gasteiger partial charge in [-0.25, -0.2) is 9.97 Å². The van der Waals surface area contributed by atoms with Crippen molar-refractivity contribution in [1.29, 1.82) is 0 Å². The lowest BCUT2D eigenvalue weighted by molar-refractivity contribution is 0.301. The number of aromatic nitrogens is 2. The van der Waals surface area contributed by atoms with Gasteiger partial charge in [0.15, 0.2) is 5.82 Å². The highest BCUT2D eigenvalue weighted by Crippen LogP contribution is 2.32. The predicted octanol–water partition coefficient (Wildman–Crippen LogP) is 2.15. The van der Waals surface area contributed by atoms with Gasteiger partial charge < -0.3 is 15.3 Å². The van der Waals surface area contributed by atoms with Crippen molar-refractivity contribution in [3.05, 3.63) is 36.4 Å². The normalized spacial score (nSPS) is 14.0. The average Bonchev–Trinajstić information content (AvgIpc) is 3.37.